The van der Waals surface area contributed by atoms with Crippen LogP contribution in [-0.2, 0) is 26.8 Å². The fourth-order valence-corrected chi connectivity index (χ4v) is 4.31. The molecule has 10 nitrogen and oxygen atoms in total. The van der Waals surface area contributed by atoms with Crippen LogP contribution < -0.4 is 19.6 Å². The molecule has 0 aromatic heterocycles. The Morgan fingerprint density at radius 1 is 0.952 bits per heavy atom. The molecule has 0 aliphatic heterocycles. The first-order chi connectivity index (χ1) is 9.41. The van der Waals surface area contributed by atoms with Crippen molar-refractivity contribution < 1.29 is 46.4 Å². The zero-order valence-electron chi connectivity index (χ0n) is 11.5. The molecule has 128 valence electrons. The number of rotatable bonds is 11. The van der Waals surface area contributed by atoms with Crippen molar-refractivity contribution in [3.05, 3.63) is 0 Å². The Hall–Kier alpha value is 0.410. The van der Waals surface area contributed by atoms with E-state index in [4.69, 9.17) is 0 Å². The summed E-state index contributed by atoms with van der Waals surface area (Å²) >= 11 is 0. The van der Waals surface area contributed by atoms with Crippen molar-refractivity contribution in [3.63, 3.8) is 0 Å². The highest BCUT2D eigenvalue weighted by Gasteiger charge is 2.22. The smallest absolute Gasteiger partial charge is 0.278 e. The fraction of sp³-hybridized carbons (Fsp3) is 1.00. The average molecular weight is 366 g/mol. The standard InChI is InChI=1S/C8H21O10P3/c1-3-5-6-8(4-2)7-16-20(12,13)18-21(14,15)17-19(9,10)11/h8H,3-7H2,1-2H3,(H,12,13)(H,14,15)(H2,9,10,11)/p-4. The third kappa shape index (κ3) is 11.6. The van der Waals surface area contributed by atoms with Crippen molar-refractivity contribution in [3.8, 4) is 0 Å². The molecule has 0 amide bonds. The van der Waals surface area contributed by atoms with E-state index in [1.165, 1.54) is 0 Å². The van der Waals surface area contributed by atoms with Crippen molar-refractivity contribution in [1.29, 1.82) is 0 Å². The SMILES string of the molecule is CCCCC(CC)COP(=O)([O-])OP(=O)([O-])OP(=O)([O-])[O-]. The Morgan fingerprint density at radius 3 is 1.95 bits per heavy atom. The van der Waals surface area contributed by atoms with Gasteiger partial charge in [0.1, 0.15) is 0 Å². The predicted octanol–water partition coefficient (Wildman–Crippen LogP) is 0.0181. The highest BCUT2D eigenvalue weighted by Crippen LogP contribution is 2.60. The molecule has 21 heavy (non-hydrogen) atoms. The highest BCUT2D eigenvalue weighted by molar-refractivity contribution is 7.64. The molecule has 0 heterocycles. The maximum absolute atomic E-state index is 11.3. The van der Waals surface area contributed by atoms with Gasteiger partial charge in [0.05, 0.1) is 14.4 Å². The second-order valence-electron chi connectivity index (χ2n) is 4.22. The molecule has 0 spiro atoms. The minimum atomic E-state index is -5.95. The van der Waals surface area contributed by atoms with Gasteiger partial charge in [0.15, 0.2) is 0 Å². The summed E-state index contributed by atoms with van der Waals surface area (Å²) < 4.78 is 43.2. The molecule has 3 unspecified atom stereocenters. The largest absolute Gasteiger partial charge is 0.790 e. The van der Waals surface area contributed by atoms with Gasteiger partial charge in [0.2, 0.25) is 0 Å². The Bertz CT molecular complexity index is 446. The maximum Gasteiger partial charge on any atom is 0.278 e. The Balaban J connectivity index is 4.52. The second-order valence-corrected chi connectivity index (χ2v) is 8.47. The number of phosphoric acid groups is 3. The van der Waals surface area contributed by atoms with Gasteiger partial charge in [-0.05, 0) is 12.3 Å². The molecular formula is C8H17O10P3-4. The van der Waals surface area contributed by atoms with Crippen molar-refractivity contribution in [1.82, 2.24) is 0 Å². The molecule has 0 fully saturated rings. The number of hydrogen-bond donors (Lipinski definition) is 0. The Labute approximate surface area is 122 Å². The van der Waals surface area contributed by atoms with E-state index in [-0.39, 0.29) is 12.5 Å². The lowest BCUT2D eigenvalue weighted by molar-refractivity contribution is -0.339. The van der Waals surface area contributed by atoms with Crippen LogP contribution in [0.1, 0.15) is 39.5 Å². The van der Waals surface area contributed by atoms with E-state index in [1.807, 2.05) is 6.92 Å². The van der Waals surface area contributed by atoms with Crippen molar-refractivity contribution in [2.75, 3.05) is 6.61 Å². The number of unbranched alkanes of at least 4 members (excludes halogenated alkanes) is 1. The van der Waals surface area contributed by atoms with Crippen molar-refractivity contribution in [2.24, 2.45) is 5.92 Å². The lowest BCUT2D eigenvalue weighted by Gasteiger charge is -2.37. The highest BCUT2D eigenvalue weighted by atomic mass is 31.3. The van der Waals surface area contributed by atoms with Gasteiger partial charge in [0.25, 0.3) is 15.6 Å². The Kier molecular flexibility index (Phi) is 9.06. The Morgan fingerprint density at radius 2 is 1.52 bits per heavy atom. The summed E-state index contributed by atoms with van der Waals surface area (Å²) in [7, 11) is -17.2. The molecule has 0 saturated carbocycles. The van der Waals surface area contributed by atoms with Gasteiger partial charge in [-0.15, -0.1) is 0 Å². The molecule has 0 aliphatic carbocycles. The van der Waals surface area contributed by atoms with E-state index >= 15 is 0 Å². The van der Waals surface area contributed by atoms with Crippen LogP contribution >= 0.6 is 23.5 Å². The van der Waals surface area contributed by atoms with Gasteiger partial charge in [-0.1, -0.05) is 33.1 Å². The van der Waals surface area contributed by atoms with Gasteiger partial charge in [0, 0.05) is 0 Å². The minimum Gasteiger partial charge on any atom is -0.790 e. The topological polar surface area (TPSA) is 171 Å². The zero-order valence-corrected chi connectivity index (χ0v) is 14.2. The van der Waals surface area contributed by atoms with Crippen LogP contribution in [0.25, 0.3) is 0 Å². The summed E-state index contributed by atoms with van der Waals surface area (Å²) in [6.07, 6.45) is 3.01. The van der Waals surface area contributed by atoms with Crippen LogP contribution in [0.2, 0.25) is 0 Å². The fourth-order valence-electron chi connectivity index (χ4n) is 1.38. The van der Waals surface area contributed by atoms with Gasteiger partial charge < -0.3 is 28.7 Å². The van der Waals surface area contributed by atoms with E-state index in [9.17, 15) is 33.3 Å². The predicted molar refractivity (Wildman–Crippen MR) is 64.2 cm³/mol. The molecule has 13 heteroatoms. The summed E-state index contributed by atoms with van der Waals surface area (Å²) in [5, 5.41) is 0. The van der Waals surface area contributed by atoms with E-state index in [2.05, 4.69) is 13.1 Å². The zero-order chi connectivity index (χ0) is 16.7. The first kappa shape index (κ1) is 21.4. The van der Waals surface area contributed by atoms with Crippen molar-refractivity contribution in [2.45, 2.75) is 39.5 Å². The van der Waals surface area contributed by atoms with Crippen molar-refractivity contribution >= 4 is 23.5 Å². The number of phosphoric ester groups is 1. The third-order valence-corrected chi connectivity index (χ3v) is 6.08. The quantitative estimate of drug-likeness (QED) is 0.454. The monoisotopic (exact) mass is 366 g/mol. The van der Waals surface area contributed by atoms with Gasteiger partial charge in [-0.2, -0.15) is 0 Å². The van der Waals surface area contributed by atoms with Gasteiger partial charge >= 0.3 is 0 Å². The average Bonchev–Trinajstić information content (AvgIpc) is 2.24. The summed E-state index contributed by atoms with van der Waals surface area (Å²) in [6, 6.07) is 0. The van der Waals surface area contributed by atoms with Crippen LogP contribution in [0.5, 0.6) is 0 Å². The van der Waals surface area contributed by atoms with Gasteiger partial charge in [-0.3, -0.25) is 13.4 Å². The molecule has 0 saturated heterocycles. The molecule has 0 radical (unpaired) electrons. The molecule has 0 rings (SSSR count). The van der Waals surface area contributed by atoms with E-state index in [0.717, 1.165) is 12.8 Å². The van der Waals surface area contributed by atoms with E-state index < -0.39 is 23.5 Å². The summed E-state index contributed by atoms with van der Waals surface area (Å²) in [5.74, 6) is -0.132. The molecule has 0 aromatic carbocycles. The summed E-state index contributed by atoms with van der Waals surface area (Å²) in [6.45, 7) is 3.43. The second kappa shape index (κ2) is 8.89. The molecule has 3 atom stereocenters. The number of hydrogen-bond acceptors (Lipinski definition) is 10. The maximum atomic E-state index is 11.3. The van der Waals surface area contributed by atoms with Crippen LogP contribution in [0.3, 0.4) is 0 Å². The molecular weight excluding hydrogens is 349 g/mol. The summed E-state index contributed by atoms with van der Waals surface area (Å²) in [4.78, 5) is 42.4. The van der Waals surface area contributed by atoms with E-state index in [0.29, 0.717) is 12.8 Å². The van der Waals surface area contributed by atoms with Crippen LogP contribution in [-0.4, -0.2) is 6.61 Å². The molecule has 0 aliphatic rings. The van der Waals surface area contributed by atoms with E-state index in [1.54, 1.807) is 6.92 Å². The van der Waals surface area contributed by atoms with Crippen LogP contribution in [0, 0.1) is 5.92 Å². The minimum absolute atomic E-state index is 0.132. The lowest BCUT2D eigenvalue weighted by Crippen LogP contribution is -2.21. The lowest BCUT2D eigenvalue weighted by atomic mass is 10.0. The third-order valence-electron chi connectivity index (χ3n) is 2.41. The van der Waals surface area contributed by atoms with Crippen LogP contribution in [0.4, 0.5) is 0 Å². The summed E-state index contributed by atoms with van der Waals surface area (Å²) in [5.41, 5.74) is 0. The first-order valence-electron chi connectivity index (χ1n) is 6.12. The molecule has 0 aromatic rings. The van der Waals surface area contributed by atoms with Gasteiger partial charge in [-0.25, -0.2) is 4.31 Å². The first-order valence-corrected chi connectivity index (χ1v) is 10.5. The molecule has 0 bridgehead atoms. The van der Waals surface area contributed by atoms with Crippen LogP contribution in [0.15, 0.2) is 0 Å². The molecule has 0 N–H and O–H groups in total. The normalized spacial score (nSPS) is 19.7.